The van der Waals surface area contributed by atoms with Crippen LogP contribution in [-0.2, 0) is 6.54 Å². The first-order valence-corrected chi connectivity index (χ1v) is 6.17. The van der Waals surface area contributed by atoms with Gasteiger partial charge in [-0.3, -0.25) is 9.36 Å². The van der Waals surface area contributed by atoms with E-state index in [4.69, 9.17) is 23.2 Å². The molecule has 0 amide bonds. The molecular weight excluding hydrogens is 267 g/mol. The first-order valence-electron chi connectivity index (χ1n) is 4.54. The molecular formula is C10H8Cl2N2OS. The van der Waals surface area contributed by atoms with E-state index in [9.17, 15) is 4.79 Å². The van der Waals surface area contributed by atoms with E-state index in [1.165, 1.54) is 11.3 Å². The molecule has 0 saturated carbocycles. The zero-order valence-electron chi connectivity index (χ0n) is 8.41. The molecule has 0 unspecified atom stereocenters. The molecule has 2 heterocycles. The van der Waals surface area contributed by atoms with Crippen molar-refractivity contribution < 1.29 is 0 Å². The predicted octanol–water partition coefficient (Wildman–Crippen LogP) is 2.97. The van der Waals surface area contributed by atoms with Crippen molar-refractivity contribution in [2.75, 3.05) is 0 Å². The molecule has 2 rings (SSSR count). The third kappa shape index (κ3) is 2.29. The van der Waals surface area contributed by atoms with Crippen molar-refractivity contribution in [1.82, 2.24) is 9.55 Å². The summed E-state index contributed by atoms with van der Waals surface area (Å²) < 4.78 is 1.65. The van der Waals surface area contributed by atoms with E-state index in [2.05, 4.69) is 4.98 Å². The minimum atomic E-state index is 0.00326. The Morgan fingerprint density at radius 2 is 2.19 bits per heavy atom. The molecule has 0 aliphatic rings. The average Bonchev–Trinajstić information content (AvgIpc) is 2.53. The van der Waals surface area contributed by atoms with Crippen LogP contribution in [0.2, 0.25) is 10.3 Å². The van der Waals surface area contributed by atoms with Gasteiger partial charge in [-0.1, -0.05) is 40.6 Å². The fraction of sp³-hybridized carbons (Fsp3) is 0.200. The van der Waals surface area contributed by atoms with Crippen molar-refractivity contribution >= 4 is 34.5 Å². The number of hydrogen-bond acceptors (Lipinski definition) is 3. The van der Waals surface area contributed by atoms with Crippen molar-refractivity contribution in [3.8, 4) is 0 Å². The Labute approximate surface area is 106 Å². The zero-order valence-corrected chi connectivity index (χ0v) is 10.7. The first kappa shape index (κ1) is 11.6. The number of nitrogens with zero attached hydrogens (tertiary/aromatic N) is 2. The van der Waals surface area contributed by atoms with Crippen LogP contribution in [0.25, 0.3) is 0 Å². The molecule has 84 valence electrons. The summed E-state index contributed by atoms with van der Waals surface area (Å²) in [5.74, 6) is 0. The molecule has 3 nitrogen and oxygen atoms in total. The van der Waals surface area contributed by atoms with Crippen LogP contribution in [0.4, 0.5) is 0 Å². The van der Waals surface area contributed by atoms with Gasteiger partial charge in [0, 0.05) is 16.6 Å². The molecule has 0 aliphatic carbocycles. The van der Waals surface area contributed by atoms with Crippen LogP contribution in [0.1, 0.15) is 11.3 Å². The molecule has 0 spiro atoms. The van der Waals surface area contributed by atoms with Crippen molar-refractivity contribution in [3.63, 3.8) is 0 Å². The summed E-state index contributed by atoms with van der Waals surface area (Å²) in [4.78, 5) is 15.5. The number of rotatable bonds is 2. The lowest BCUT2D eigenvalue weighted by molar-refractivity contribution is 0.752. The average molecular weight is 275 g/mol. The SMILES string of the molecule is Cc1csc(=O)n1Cc1ccc(Cl)nc1Cl. The molecule has 0 bridgehead atoms. The molecule has 2 aromatic rings. The Balaban J connectivity index is 2.38. The van der Waals surface area contributed by atoms with Crippen LogP contribution in [0.5, 0.6) is 0 Å². The van der Waals surface area contributed by atoms with Crippen LogP contribution >= 0.6 is 34.5 Å². The number of halogens is 2. The lowest BCUT2D eigenvalue weighted by Gasteiger charge is -2.06. The highest BCUT2D eigenvalue weighted by molar-refractivity contribution is 7.07. The molecule has 0 atom stereocenters. The van der Waals surface area contributed by atoms with Gasteiger partial charge in [-0.2, -0.15) is 0 Å². The monoisotopic (exact) mass is 274 g/mol. The molecule has 0 aromatic carbocycles. The molecule has 0 aliphatic heterocycles. The molecule has 0 saturated heterocycles. The van der Waals surface area contributed by atoms with Crippen molar-refractivity contribution in [1.29, 1.82) is 0 Å². The van der Waals surface area contributed by atoms with Crippen molar-refractivity contribution in [3.05, 3.63) is 48.7 Å². The number of thiazole rings is 1. The van der Waals surface area contributed by atoms with Crippen LogP contribution in [-0.4, -0.2) is 9.55 Å². The van der Waals surface area contributed by atoms with E-state index < -0.39 is 0 Å². The minimum absolute atomic E-state index is 0.00326. The van der Waals surface area contributed by atoms with Gasteiger partial charge < -0.3 is 0 Å². The van der Waals surface area contributed by atoms with Crippen LogP contribution in [0.15, 0.2) is 22.3 Å². The topological polar surface area (TPSA) is 34.9 Å². The molecule has 16 heavy (non-hydrogen) atoms. The van der Waals surface area contributed by atoms with E-state index in [-0.39, 0.29) is 4.87 Å². The molecule has 0 radical (unpaired) electrons. The molecule has 0 N–H and O–H groups in total. The maximum absolute atomic E-state index is 11.5. The van der Waals surface area contributed by atoms with Gasteiger partial charge >= 0.3 is 4.87 Å². The summed E-state index contributed by atoms with van der Waals surface area (Å²) >= 11 is 12.8. The number of aromatic nitrogens is 2. The number of pyridine rings is 1. The van der Waals surface area contributed by atoms with Crippen molar-refractivity contribution in [2.45, 2.75) is 13.5 Å². The summed E-state index contributed by atoms with van der Waals surface area (Å²) in [5, 5.41) is 2.51. The number of hydrogen-bond donors (Lipinski definition) is 0. The summed E-state index contributed by atoms with van der Waals surface area (Å²) in [7, 11) is 0. The summed E-state index contributed by atoms with van der Waals surface area (Å²) in [6.07, 6.45) is 0. The third-order valence-electron chi connectivity index (χ3n) is 2.20. The van der Waals surface area contributed by atoms with Crippen LogP contribution in [0.3, 0.4) is 0 Å². The predicted molar refractivity (Wildman–Crippen MR) is 66.7 cm³/mol. The van der Waals surface area contributed by atoms with Crippen LogP contribution in [0, 0.1) is 6.92 Å². The molecule has 2 aromatic heterocycles. The van der Waals surface area contributed by atoms with Crippen molar-refractivity contribution in [2.24, 2.45) is 0 Å². The number of aryl methyl sites for hydroxylation is 1. The van der Waals surface area contributed by atoms with E-state index >= 15 is 0 Å². The van der Waals surface area contributed by atoms with Gasteiger partial charge in [0.2, 0.25) is 0 Å². The normalized spacial score (nSPS) is 10.7. The molecule has 0 fully saturated rings. The lowest BCUT2D eigenvalue weighted by atomic mass is 10.3. The highest BCUT2D eigenvalue weighted by atomic mass is 35.5. The highest BCUT2D eigenvalue weighted by Gasteiger charge is 2.07. The second kappa shape index (κ2) is 4.57. The Bertz CT molecular complexity index is 576. The second-order valence-corrected chi connectivity index (χ2v) is 4.88. The fourth-order valence-corrected chi connectivity index (χ4v) is 2.46. The quantitative estimate of drug-likeness (QED) is 0.790. The van der Waals surface area contributed by atoms with Gasteiger partial charge in [-0.25, -0.2) is 4.98 Å². The third-order valence-corrected chi connectivity index (χ3v) is 3.62. The van der Waals surface area contributed by atoms with Gasteiger partial charge in [0.25, 0.3) is 0 Å². The minimum Gasteiger partial charge on any atom is -0.299 e. The summed E-state index contributed by atoms with van der Waals surface area (Å²) in [6, 6.07) is 3.44. The van der Waals surface area contributed by atoms with E-state index in [0.717, 1.165) is 11.3 Å². The first-order chi connectivity index (χ1) is 7.58. The van der Waals surface area contributed by atoms with E-state index in [0.29, 0.717) is 16.9 Å². The molecule has 6 heteroatoms. The van der Waals surface area contributed by atoms with Gasteiger partial charge in [0.15, 0.2) is 0 Å². The summed E-state index contributed by atoms with van der Waals surface area (Å²) in [6.45, 7) is 2.31. The van der Waals surface area contributed by atoms with E-state index in [1.54, 1.807) is 16.7 Å². The Morgan fingerprint density at radius 3 is 2.75 bits per heavy atom. The van der Waals surface area contributed by atoms with Gasteiger partial charge in [0.05, 0.1) is 6.54 Å². The zero-order chi connectivity index (χ0) is 11.7. The fourth-order valence-electron chi connectivity index (χ4n) is 1.33. The van der Waals surface area contributed by atoms with Crippen LogP contribution < -0.4 is 4.87 Å². The second-order valence-electron chi connectivity index (χ2n) is 3.31. The lowest BCUT2D eigenvalue weighted by Crippen LogP contribution is -2.15. The van der Waals surface area contributed by atoms with Gasteiger partial charge in [0.1, 0.15) is 10.3 Å². The van der Waals surface area contributed by atoms with E-state index in [1.807, 2.05) is 12.3 Å². The smallest absolute Gasteiger partial charge is 0.299 e. The maximum atomic E-state index is 11.5. The Morgan fingerprint density at radius 1 is 1.44 bits per heavy atom. The van der Waals surface area contributed by atoms with Gasteiger partial charge in [-0.15, -0.1) is 0 Å². The largest absolute Gasteiger partial charge is 0.307 e. The summed E-state index contributed by atoms with van der Waals surface area (Å²) in [5.41, 5.74) is 1.70. The standard InChI is InChI=1S/C10H8Cl2N2OS/c1-6-5-16-10(15)14(6)4-7-2-3-8(11)13-9(7)12/h2-3,5H,4H2,1H3. The maximum Gasteiger partial charge on any atom is 0.307 e. The Kier molecular flexibility index (Phi) is 3.33. The van der Waals surface area contributed by atoms with Gasteiger partial charge in [-0.05, 0) is 13.0 Å². The Hall–Kier alpha value is -0.840. The highest BCUT2D eigenvalue weighted by Crippen LogP contribution is 2.18.